The fraction of sp³-hybridized carbons (Fsp3) is 0.500. The van der Waals surface area contributed by atoms with Gasteiger partial charge in [0.05, 0.1) is 11.1 Å². The maximum atomic E-state index is 13.0. The molecule has 0 fully saturated rings. The number of nitrogen functional groups attached to an aromatic ring is 1. The number of amides is 1. The Morgan fingerprint density at radius 1 is 0.582 bits per heavy atom. The van der Waals surface area contributed by atoms with Crippen LogP contribution in [0.3, 0.4) is 0 Å². The zero-order chi connectivity index (χ0) is 49.1. The van der Waals surface area contributed by atoms with Gasteiger partial charge >= 0.3 is 0 Å². The summed E-state index contributed by atoms with van der Waals surface area (Å²) in [6, 6.07) is 28.2. The van der Waals surface area contributed by atoms with Gasteiger partial charge in [-0.05, 0) is 98.7 Å². The highest BCUT2D eigenvalue weighted by atomic mass is 35.5. The standard InChI is InChI=1S/C28H38N2O3.C21H30ClNO2.C7H9NO/c1-3-4-5-6-7-8-9-10-11-12-17-27(33-26-16-14-13-15-23(26)21-29)28(32)30-24-19-18-22(2)25(31)20-24;1-2-3-4-5-6-7-8-9-10-11-16-20(21(22)24)25-19-15-13-12-14-18(19)17-23;1-5-2-3-6(8)4-7(5)9/h13-16,18-20,27,31H,3-12,17H2,1-2H3,(H,30,32);12-15,20H,2-11,16H2,1H3;2-4,9H,8H2,1H3. The van der Waals surface area contributed by atoms with Crippen molar-refractivity contribution in [1.29, 1.82) is 10.5 Å². The molecule has 0 spiro atoms. The molecule has 5 N–H and O–H groups in total. The molecule has 4 aromatic rings. The van der Waals surface area contributed by atoms with Crippen LogP contribution in [0.2, 0.25) is 0 Å². The summed E-state index contributed by atoms with van der Waals surface area (Å²) in [5, 5.41) is 39.8. The molecule has 0 bridgehead atoms. The average molecular weight is 938 g/mol. The molecule has 2 unspecified atom stereocenters. The average Bonchev–Trinajstić information content (AvgIpc) is 3.32. The molecule has 4 rings (SSSR count). The molecule has 2 atom stereocenters. The van der Waals surface area contributed by atoms with Crippen LogP contribution in [0.1, 0.15) is 177 Å². The molecule has 10 nitrogen and oxygen atoms in total. The molecular formula is C56H77ClN4O6. The number of rotatable bonds is 29. The van der Waals surface area contributed by atoms with E-state index < -0.39 is 17.5 Å². The molecule has 0 heterocycles. The smallest absolute Gasteiger partial charge is 0.265 e. The number of carbonyl (C=O) groups excluding carboxylic acids is 2. The van der Waals surface area contributed by atoms with E-state index in [1.54, 1.807) is 79.7 Å². The number of phenols is 2. The number of aryl methyl sites for hydroxylation is 2. The second-order valence-electron chi connectivity index (χ2n) is 17.2. The fourth-order valence-electron chi connectivity index (χ4n) is 7.26. The number of nitrogens with two attached hydrogens (primary N) is 1. The number of carbonyl (C=O) groups is 2. The van der Waals surface area contributed by atoms with Gasteiger partial charge in [-0.2, -0.15) is 10.5 Å². The van der Waals surface area contributed by atoms with Gasteiger partial charge in [0, 0.05) is 23.5 Å². The van der Waals surface area contributed by atoms with Crippen LogP contribution in [0.4, 0.5) is 11.4 Å². The van der Waals surface area contributed by atoms with Crippen LogP contribution in [-0.4, -0.2) is 33.6 Å². The lowest BCUT2D eigenvalue weighted by molar-refractivity contribution is -0.123. The third kappa shape index (κ3) is 25.1. The van der Waals surface area contributed by atoms with E-state index in [9.17, 15) is 20.0 Å². The number of hydrogen-bond donors (Lipinski definition) is 4. The molecule has 0 aliphatic heterocycles. The van der Waals surface area contributed by atoms with Crippen LogP contribution in [0.5, 0.6) is 23.0 Å². The van der Waals surface area contributed by atoms with Crippen molar-refractivity contribution in [3.63, 3.8) is 0 Å². The summed E-state index contributed by atoms with van der Waals surface area (Å²) in [6.07, 6.45) is 24.4. The summed E-state index contributed by atoms with van der Waals surface area (Å²) in [6.45, 7) is 8.11. The summed E-state index contributed by atoms with van der Waals surface area (Å²) in [5.41, 5.74) is 8.91. The maximum absolute atomic E-state index is 13.0. The normalized spacial score (nSPS) is 11.3. The lowest BCUT2D eigenvalue weighted by Crippen LogP contribution is -2.33. The molecule has 4 aromatic carbocycles. The molecule has 11 heteroatoms. The number of ether oxygens (including phenoxy) is 2. The van der Waals surface area contributed by atoms with Gasteiger partial charge in [0.1, 0.15) is 35.1 Å². The van der Waals surface area contributed by atoms with Gasteiger partial charge in [0.15, 0.2) is 12.2 Å². The minimum absolute atomic E-state index is 0.134. The van der Waals surface area contributed by atoms with Crippen LogP contribution in [0, 0.1) is 36.5 Å². The Morgan fingerprint density at radius 2 is 0.970 bits per heavy atom. The second kappa shape index (κ2) is 35.5. The Morgan fingerprint density at radius 3 is 1.37 bits per heavy atom. The summed E-state index contributed by atoms with van der Waals surface area (Å²) < 4.78 is 11.7. The van der Waals surface area contributed by atoms with E-state index in [1.807, 2.05) is 6.92 Å². The van der Waals surface area contributed by atoms with E-state index in [2.05, 4.69) is 31.3 Å². The third-order valence-corrected chi connectivity index (χ3v) is 11.7. The number of unbranched alkanes of at least 4 members (excludes halogenated alkanes) is 18. The van der Waals surface area contributed by atoms with Gasteiger partial charge in [-0.15, -0.1) is 0 Å². The van der Waals surface area contributed by atoms with Crippen molar-refractivity contribution in [2.75, 3.05) is 11.1 Å². The SMILES string of the molecule is CCCCCCCCCCCCC(Oc1ccccc1C#N)C(=O)Cl.CCCCCCCCCCCCC(Oc1ccccc1C#N)C(=O)Nc1ccc(C)c(O)c1.Cc1ccc(N)cc1O. The molecule has 0 saturated carbocycles. The van der Waals surface area contributed by atoms with E-state index in [4.69, 9.17) is 37.2 Å². The molecule has 67 heavy (non-hydrogen) atoms. The maximum Gasteiger partial charge on any atom is 0.265 e. The third-order valence-electron chi connectivity index (χ3n) is 11.4. The number of phenolic OH excluding ortho intramolecular Hbond substituents is 2. The first-order valence-corrected chi connectivity index (χ1v) is 25.0. The number of nitrogens with one attached hydrogen (secondary N) is 1. The highest BCUT2D eigenvalue weighted by Gasteiger charge is 2.22. The number of nitriles is 2. The minimum atomic E-state index is -0.711. The number of aromatic hydroxyl groups is 2. The fourth-order valence-corrected chi connectivity index (χ4v) is 7.42. The van der Waals surface area contributed by atoms with Crippen LogP contribution < -0.4 is 20.5 Å². The lowest BCUT2D eigenvalue weighted by Gasteiger charge is -2.20. The van der Waals surface area contributed by atoms with E-state index in [1.165, 1.54) is 108 Å². The summed E-state index contributed by atoms with van der Waals surface area (Å²) >= 11 is 5.67. The van der Waals surface area contributed by atoms with Crippen LogP contribution in [-0.2, 0) is 9.59 Å². The number of para-hydroxylation sites is 2. The van der Waals surface area contributed by atoms with Gasteiger partial charge < -0.3 is 30.7 Å². The van der Waals surface area contributed by atoms with E-state index in [0.717, 1.165) is 43.2 Å². The van der Waals surface area contributed by atoms with Crippen molar-refractivity contribution in [2.24, 2.45) is 0 Å². The summed E-state index contributed by atoms with van der Waals surface area (Å²) in [7, 11) is 0. The van der Waals surface area contributed by atoms with Crippen molar-refractivity contribution in [2.45, 2.75) is 181 Å². The van der Waals surface area contributed by atoms with Gasteiger partial charge in [-0.1, -0.05) is 166 Å². The van der Waals surface area contributed by atoms with Gasteiger partial charge in [0.25, 0.3) is 11.1 Å². The van der Waals surface area contributed by atoms with Crippen molar-refractivity contribution >= 4 is 34.1 Å². The molecule has 0 aliphatic carbocycles. The minimum Gasteiger partial charge on any atom is -0.508 e. The lowest BCUT2D eigenvalue weighted by atomic mass is 10.0. The molecule has 364 valence electrons. The predicted octanol–water partition coefficient (Wildman–Crippen LogP) is 14.9. The predicted molar refractivity (Wildman–Crippen MR) is 274 cm³/mol. The first-order chi connectivity index (χ1) is 32.4. The van der Waals surface area contributed by atoms with Crippen molar-refractivity contribution in [3.8, 4) is 35.1 Å². The molecular weight excluding hydrogens is 860 g/mol. The van der Waals surface area contributed by atoms with Crippen molar-refractivity contribution in [1.82, 2.24) is 0 Å². The monoisotopic (exact) mass is 937 g/mol. The Hall–Kier alpha value is -5.71. The molecule has 0 aliphatic rings. The number of hydrogen-bond acceptors (Lipinski definition) is 9. The van der Waals surface area contributed by atoms with Crippen LogP contribution >= 0.6 is 11.6 Å². The summed E-state index contributed by atoms with van der Waals surface area (Å²) in [5.74, 6) is 0.960. The first kappa shape index (κ1) is 57.4. The number of benzene rings is 4. The Labute approximate surface area is 406 Å². The Balaban J connectivity index is 0.000000397. The highest BCUT2D eigenvalue weighted by Crippen LogP contribution is 2.25. The van der Waals surface area contributed by atoms with Crippen LogP contribution in [0.25, 0.3) is 0 Å². The topological polar surface area (TPSA) is 179 Å². The van der Waals surface area contributed by atoms with Crippen LogP contribution in [0.15, 0.2) is 84.9 Å². The molecule has 0 radical (unpaired) electrons. The number of anilines is 2. The van der Waals surface area contributed by atoms with Gasteiger partial charge in [-0.3, -0.25) is 9.59 Å². The van der Waals surface area contributed by atoms with E-state index >= 15 is 0 Å². The zero-order valence-corrected chi connectivity index (χ0v) is 41.4. The van der Waals surface area contributed by atoms with Gasteiger partial charge in [-0.25, -0.2) is 0 Å². The molecule has 0 saturated heterocycles. The highest BCUT2D eigenvalue weighted by molar-refractivity contribution is 6.64. The van der Waals surface area contributed by atoms with Crippen molar-refractivity contribution in [3.05, 3.63) is 107 Å². The van der Waals surface area contributed by atoms with Crippen molar-refractivity contribution < 1.29 is 29.3 Å². The van der Waals surface area contributed by atoms with E-state index in [-0.39, 0.29) is 17.4 Å². The quantitative estimate of drug-likeness (QED) is 0.0234. The zero-order valence-electron chi connectivity index (χ0n) is 40.7. The Kier molecular flexibility index (Phi) is 30.4. The molecule has 1 amide bonds. The number of nitrogens with zero attached hydrogens (tertiary/aromatic N) is 2. The number of halogens is 1. The second-order valence-corrected chi connectivity index (χ2v) is 17.6. The summed E-state index contributed by atoms with van der Waals surface area (Å²) in [4.78, 5) is 24.6. The molecule has 0 aromatic heterocycles. The van der Waals surface area contributed by atoms with E-state index in [0.29, 0.717) is 46.8 Å². The largest absolute Gasteiger partial charge is 0.508 e. The van der Waals surface area contributed by atoms with Gasteiger partial charge in [0.2, 0.25) is 0 Å². The Bertz CT molecular complexity index is 2100. The first-order valence-electron chi connectivity index (χ1n) is 24.6.